The minimum absolute atomic E-state index is 0.0431. The third kappa shape index (κ3) is 2.78. The Hall–Kier alpha value is -2.99. The summed E-state index contributed by atoms with van der Waals surface area (Å²) in [5, 5.41) is 3.35. The summed E-state index contributed by atoms with van der Waals surface area (Å²) in [4.78, 5) is 18.5. The number of halogens is 3. The van der Waals surface area contributed by atoms with Crippen LogP contribution in [0, 0.1) is 11.6 Å². The summed E-state index contributed by atoms with van der Waals surface area (Å²) < 4.78 is 27.7. The van der Waals surface area contributed by atoms with E-state index in [-0.39, 0.29) is 11.6 Å². The lowest BCUT2D eigenvalue weighted by Gasteiger charge is -2.26. The highest BCUT2D eigenvalue weighted by Gasteiger charge is 2.38. The van der Waals surface area contributed by atoms with Crippen LogP contribution in [0.3, 0.4) is 0 Å². The van der Waals surface area contributed by atoms with E-state index < -0.39 is 17.8 Å². The predicted octanol–water partition coefficient (Wildman–Crippen LogP) is 4.78. The summed E-state index contributed by atoms with van der Waals surface area (Å²) in [5.41, 5.74) is 1.08. The maximum Gasteiger partial charge on any atom is 0.261 e. The Kier molecular flexibility index (Phi) is 4.05. The van der Waals surface area contributed by atoms with E-state index in [0.717, 1.165) is 18.2 Å². The van der Waals surface area contributed by atoms with Crippen molar-refractivity contribution in [3.05, 3.63) is 88.6 Å². The fraction of sp³-hybridized carbons (Fsp3) is 0.0526. The Bertz CT molecular complexity index is 994. The van der Waals surface area contributed by atoms with Crippen molar-refractivity contribution in [2.45, 2.75) is 6.17 Å². The normalized spacial score (nSPS) is 15.9. The van der Waals surface area contributed by atoms with Gasteiger partial charge in [0.2, 0.25) is 0 Å². The lowest BCUT2D eigenvalue weighted by molar-refractivity contribution is 0.0992. The third-order valence-corrected chi connectivity index (χ3v) is 4.37. The summed E-state index contributed by atoms with van der Waals surface area (Å²) >= 11 is 5.88. The first-order chi connectivity index (χ1) is 12.5. The van der Waals surface area contributed by atoms with Gasteiger partial charge in [0.05, 0.1) is 10.7 Å². The van der Waals surface area contributed by atoms with Crippen molar-refractivity contribution >= 4 is 29.0 Å². The summed E-state index contributed by atoms with van der Waals surface area (Å²) in [6, 6.07) is 13.3. The van der Waals surface area contributed by atoms with E-state index in [4.69, 9.17) is 11.6 Å². The van der Waals surface area contributed by atoms with Crippen LogP contribution in [-0.2, 0) is 0 Å². The van der Waals surface area contributed by atoms with E-state index in [1.165, 1.54) is 11.1 Å². The van der Waals surface area contributed by atoms with Gasteiger partial charge in [-0.15, -0.1) is 0 Å². The summed E-state index contributed by atoms with van der Waals surface area (Å²) in [6.45, 7) is 0. The molecule has 2 aromatic carbocycles. The number of hydrogen-bond donors (Lipinski definition) is 1. The molecule has 0 saturated carbocycles. The molecule has 0 aliphatic carbocycles. The van der Waals surface area contributed by atoms with Crippen LogP contribution in [0.1, 0.15) is 22.1 Å². The molecule has 0 saturated heterocycles. The van der Waals surface area contributed by atoms with Crippen molar-refractivity contribution in [3.8, 4) is 0 Å². The van der Waals surface area contributed by atoms with Crippen LogP contribution in [0.2, 0.25) is 5.02 Å². The molecule has 1 atom stereocenters. The number of hydrogen-bond acceptors (Lipinski definition) is 3. The fourth-order valence-electron chi connectivity index (χ4n) is 2.96. The Morgan fingerprint density at radius 3 is 2.65 bits per heavy atom. The zero-order valence-corrected chi connectivity index (χ0v) is 14.0. The first-order valence-electron chi connectivity index (χ1n) is 7.80. The number of benzene rings is 2. The molecule has 1 aliphatic rings. The van der Waals surface area contributed by atoms with Gasteiger partial charge in [0.1, 0.15) is 23.6 Å². The Morgan fingerprint density at radius 2 is 1.88 bits per heavy atom. The summed E-state index contributed by atoms with van der Waals surface area (Å²) in [7, 11) is 0. The lowest BCUT2D eigenvalue weighted by atomic mass is 10.1. The van der Waals surface area contributed by atoms with Crippen molar-refractivity contribution in [3.63, 3.8) is 0 Å². The molecule has 4 nitrogen and oxygen atoms in total. The Morgan fingerprint density at radius 1 is 1.08 bits per heavy atom. The number of rotatable bonds is 3. The van der Waals surface area contributed by atoms with Crippen molar-refractivity contribution < 1.29 is 13.6 Å². The number of anilines is 2. The smallest absolute Gasteiger partial charge is 0.261 e. The molecule has 1 aliphatic heterocycles. The second-order valence-corrected chi connectivity index (χ2v) is 6.20. The zero-order chi connectivity index (χ0) is 18.3. The molecule has 2 heterocycles. The third-order valence-electron chi connectivity index (χ3n) is 4.14. The van der Waals surface area contributed by atoms with Crippen molar-refractivity contribution in [1.29, 1.82) is 0 Å². The second kappa shape index (κ2) is 6.38. The van der Waals surface area contributed by atoms with E-state index in [0.29, 0.717) is 22.0 Å². The van der Waals surface area contributed by atoms with E-state index in [1.807, 2.05) is 0 Å². The predicted molar refractivity (Wildman–Crippen MR) is 95.2 cm³/mol. The minimum atomic E-state index is -0.733. The van der Waals surface area contributed by atoms with Gasteiger partial charge in [0.25, 0.3) is 5.91 Å². The number of carbonyl (C=O) groups excluding carboxylic acids is 1. The number of carbonyl (C=O) groups is 1. The Labute approximate surface area is 153 Å². The maximum atomic E-state index is 14.1. The van der Waals surface area contributed by atoms with Gasteiger partial charge in [0.15, 0.2) is 0 Å². The van der Waals surface area contributed by atoms with Gasteiger partial charge in [-0.2, -0.15) is 0 Å². The van der Waals surface area contributed by atoms with E-state index in [9.17, 15) is 13.6 Å². The average molecular weight is 372 g/mol. The number of pyridine rings is 1. The Balaban J connectivity index is 1.80. The van der Waals surface area contributed by atoms with E-state index in [1.54, 1.807) is 36.4 Å². The second-order valence-electron chi connectivity index (χ2n) is 5.77. The highest BCUT2D eigenvalue weighted by atomic mass is 35.5. The van der Waals surface area contributed by atoms with Gasteiger partial charge in [-0.05, 0) is 30.3 Å². The zero-order valence-electron chi connectivity index (χ0n) is 13.3. The quantitative estimate of drug-likeness (QED) is 0.720. The monoisotopic (exact) mass is 371 g/mol. The van der Waals surface area contributed by atoms with Crippen LogP contribution >= 0.6 is 11.6 Å². The number of fused-ring (bicyclic) bond motifs is 1. The maximum absolute atomic E-state index is 14.1. The molecule has 7 heteroatoms. The molecule has 1 unspecified atom stereocenters. The standard InChI is InChI=1S/C19H12ClF2N3O/c20-11-5-8-17(23-10-11)25-18(13-3-1-2-4-14(13)19(25)26)24-16-9-12(21)6-7-15(16)22/h1-10,18,24H. The van der Waals surface area contributed by atoms with Crippen LogP contribution in [0.15, 0.2) is 60.8 Å². The number of nitrogens with one attached hydrogen (secondary N) is 1. The highest BCUT2D eigenvalue weighted by molar-refractivity contribution is 6.30. The molecule has 26 heavy (non-hydrogen) atoms. The van der Waals surface area contributed by atoms with Crippen LogP contribution in [0.4, 0.5) is 20.3 Å². The van der Waals surface area contributed by atoms with Crippen LogP contribution < -0.4 is 10.2 Å². The fourth-order valence-corrected chi connectivity index (χ4v) is 3.07. The first kappa shape index (κ1) is 16.5. The SMILES string of the molecule is O=C1c2ccccc2C(Nc2cc(F)ccc2F)N1c1ccc(Cl)cn1. The van der Waals surface area contributed by atoms with Crippen LogP contribution in [-0.4, -0.2) is 10.9 Å². The van der Waals surface area contributed by atoms with Gasteiger partial charge in [-0.1, -0.05) is 29.8 Å². The molecule has 0 radical (unpaired) electrons. The molecule has 3 aromatic rings. The topological polar surface area (TPSA) is 45.2 Å². The van der Waals surface area contributed by atoms with Crippen molar-refractivity contribution in [2.24, 2.45) is 0 Å². The molecule has 0 bridgehead atoms. The molecule has 0 fully saturated rings. The molecular formula is C19H12ClF2N3O. The first-order valence-corrected chi connectivity index (χ1v) is 8.18. The van der Waals surface area contributed by atoms with Crippen LogP contribution in [0.5, 0.6) is 0 Å². The highest BCUT2D eigenvalue weighted by Crippen LogP contribution is 2.37. The number of aromatic nitrogens is 1. The minimum Gasteiger partial charge on any atom is -0.359 e. The molecule has 0 spiro atoms. The molecule has 4 rings (SSSR count). The van der Waals surface area contributed by atoms with Gasteiger partial charge in [-0.3, -0.25) is 9.69 Å². The number of nitrogens with zero attached hydrogens (tertiary/aromatic N) is 2. The largest absolute Gasteiger partial charge is 0.359 e. The molecule has 130 valence electrons. The number of amides is 1. The van der Waals surface area contributed by atoms with Crippen molar-refractivity contribution in [1.82, 2.24) is 4.98 Å². The van der Waals surface area contributed by atoms with Gasteiger partial charge < -0.3 is 5.32 Å². The van der Waals surface area contributed by atoms with Crippen LogP contribution in [0.25, 0.3) is 0 Å². The van der Waals surface area contributed by atoms with Gasteiger partial charge in [0, 0.05) is 23.4 Å². The molecular weight excluding hydrogens is 360 g/mol. The van der Waals surface area contributed by atoms with E-state index in [2.05, 4.69) is 10.3 Å². The molecule has 1 N–H and O–H groups in total. The van der Waals surface area contributed by atoms with Gasteiger partial charge >= 0.3 is 0 Å². The van der Waals surface area contributed by atoms with Crippen molar-refractivity contribution in [2.75, 3.05) is 10.2 Å². The average Bonchev–Trinajstić information content (AvgIpc) is 2.92. The summed E-state index contributed by atoms with van der Waals surface area (Å²) in [5.74, 6) is -1.13. The van der Waals surface area contributed by atoms with E-state index >= 15 is 0 Å². The lowest BCUT2D eigenvalue weighted by Crippen LogP contribution is -2.33. The molecule has 1 amide bonds. The summed E-state index contributed by atoms with van der Waals surface area (Å²) in [6.07, 6.45) is 0.691. The molecule has 1 aromatic heterocycles. The van der Waals surface area contributed by atoms with Gasteiger partial charge in [-0.25, -0.2) is 13.8 Å².